The van der Waals surface area contributed by atoms with Gasteiger partial charge in [-0.25, -0.2) is 4.79 Å². The average Bonchev–Trinajstić information content (AvgIpc) is 3.51. The third kappa shape index (κ3) is 5.39. The monoisotopic (exact) mass is 383 g/mol. The van der Waals surface area contributed by atoms with Gasteiger partial charge >= 0.3 is 6.03 Å². The molecule has 0 bridgehead atoms. The first-order chi connectivity index (χ1) is 13.6. The van der Waals surface area contributed by atoms with Gasteiger partial charge in [0.2, 0.25) is 0 Å². The molecule has 0 atom stereocenters. The fourth-order valence-electron chi connectivity index (χ4n) is 2.70. The second kappa shape index (κ2) is 9.12. The average molecular weight is 383 g/mol. The van der Waals surface area contributed by atoms with Gasteiger partial charge in [-0.1, -0.05) is 12.1 Å². The zero-order valence-electron chi connectivity index (χ0n) is 16.1. The second-order valence-electron chi connectivity index (χ2n) is 6.55. The number of carbonyl (C=O) groups is 2. The zero-order chi connectivity index (χ0) is 19.9. The summed E-state index contributed by atoms with van der Waals surface area (Å²) in [6.07, 6.45) is 2.04. The SMILES string of the molecule is CCOc1ccc(CNC(=O)c2cccc(NC(=O)NC3CC3)c2)cc1OC. The van der Waals surface area contributed by atoms with E-state index in [4.69, 9.17) is 9.47 Å². The van der Waals surface area contributed by atoms with Crippen LogP contribution in [0.1, 0.15) is 35.7 Å². The highest BCUT2D eigenvalue weighted by atomic mass is 16.5. The molecule has 1 aliphatic rings. The van der Waals surface area contributed by atoms with Gasteiger partial charge in [-0.2, -0.15) is 0 Å². The molecule has 0 aliphatic heterocycles. The van der Waals surface area contributed by atoms with Crippen LogP contribution in [0.5, 0.6) is 11.5 Å². The number of rotatable bonds is 8. The first kappa shape index (κ1) is 19.5. The summed E-state index contributed by atoms with van der Waals surface area (Å²) in [5.74, 6) is 1.07. The van der Waals surface area contributed by atoms with Crippen LogP contribution in [-0.4, -0.2) is 31.7 Å². The summed E-state index contributed by atoms with van der Waals surface area (Å²) < 4.78 is 10.8. The highest BCUT2D eigenvalue weighted by molar-refractivity contribution is 5.96. The van der Waals surface area contributed by atoms with Crippen molar-refractivity contribution in [1.82, 2.24) is 10.6 Å². The molecule has 7 heteroatoms. The van der Waals surface area contributed by atoms with Crippen LogP contribution in [0.4, 0.5) is 10.5 Å². The molecule has 148 valence electrons. The van der Waals surface area contributed by atoms with Crippen molar-refractivity contribution in [2.45, 2.75) is 32.4 Å². The van der Waals surface area contributed by atoms with Crippen molar-refractivity contribution in [3.05, 3.63) is 53.6 Å². The minimum Gasteiger partial charge on any atom is -0.493 e. The van der Waals surface area contributed by atoms with E-state index in [1.165, 1.54) is 0 Å². The van der Waals surface area contributed by atoms with Crippen molar-refractivity contribution >= 4 is 17.6 Å². The number of methoxy groups -OCH3 is 1. The number of hydrogen-bond acceptors (Lipinski definition) is 4. The summed E-state index contributed by atoms with van der Waals surface area (Å²) in [5.41, 5.74) is 1.95. The highest BCUT2D eigenvalue weighted by Crippen LogP contribution is 2.28. The summed E-state index contributed by atoms with van der Waals surface area (Å²) in [6, 6.07) is 12.4. The third-order valence-electron chi connectivity index (χ3n) is 4.28. The van der Waals surface area contributed by atoms with Crippen molar-refractivity contribution in [2.24, 2.45) is 0 Å². The van der Waals surface area contributed by atoms with Crippen LogP contribution in [0.2, 0.25) is 0 Å². The minimum atomic E-state index is -0.249. The molecule has 1 saturated carbocycles. The van der Waals surface area contributed by atoms with Crippen LogP contribution in [0.25, 0.3) is 0 Å². The molecule has 28 heavy (non-hydrogen) atoms. The van der Waals surface area contributed by atoms with Gasteiger partial charge in [0.15, 0.2) is 11.5 Å². The largest absolute Gasteiger partial charge is 0.493 e. The molecule has 3 N–H and O–H groups in total. The van der Waals surface area contributed by atoms with Crippen LogP contribution < -0.4 is 25.4 Å². The number of benzene rings is 2. The van der Waals surface area contributed by atoms with E-state index in [-0.39, 0.29) is 18.0 Å². The van der Waals surface area contributed by atoms with Crippen molar-refractivity contribution in [3.63, 3.8) is 0 Å². The van der Waals surface area contributed by atoms with E-state index in [1.807, 2.05) is 25.1 Å². The highest BCUT2D eigenvalue weighted by Gasteiger charge is 2.23. The molecule has 1 fully saturated rings. The minimum absolute atomic E-state index is 0.223. The van der Waals surface area contributed by atoms with E-state index in [0.29, 0.717) is 35.9 Å². The molecule has 0 radical (unpaired) electrons. The van der Waals surface area contributed by atoms with Gasteiger partial charge in [-0.05, 0) is 55.7 Å². The molecular formula is C21H25N3O4. The maximum absolute atomic E-state index is 12.5. The van der Waals surface area contributed by atoms with E-state index in [1.54, 1.807) is 31.4 Å². The van der Waals surface area contributed by atoms with Gasteiger partial charge in [-0.3, -0.25) is 4.79 Å². The van der Waals surface area contributed by atoms with Gasteiger partial charge in [0.05, 0.1) is 13.7 Å². The lowest BCUT2D eigenvalue weighted by molar-refractivity contribution is 0.0951. The van der Waals surface area contributed by atoms with E-state index in [2.05, 4.69) is 16.0 Å². The summed E-state index contributed by atoms with van der Waals surface area (Å²) in [6.45, 7) is 2.81. The van der Waals surface area contributed by atoms with E-state index < -0.39 is 0 Å². The van der Waals surface area contributed by atoms with Crippen LogP contribution >= 0.6 is 0 Å². The quantitative estimate of drug-likeness (QED) is 0.653. The summed E-state index contributed by atoms with van der Waals surface area (Å²) in [7, 11) is 1.58. The van der Waals surface area contributed by atoms with Crippen LogP contribution in [0.15, 0.2) is 42.5 Å². The molecule has 0 aromatic heterocycles. The zero-order valence-corrected chi connectivity index (χ0v) is 16.1. The Balaban J connectivity index is 1.58. The summed E-state index contributed by atoms with van der Waals surface area (Å²) >= 11 is 0. The number of ether oxygens (including phenoxy) is 2. The fraction of sp³-hybridized carbons (Fsp3) is 0.333. The molecule has 2 aromatic carbocycles. The third-order valence-corrected chi connectivity index (χ3v) is 4.28. The smallest absolute Gasteiger partial charge is 0.319 e. The number of hydrogen-bond donors (Lipinski definition) is 3. The predicted molar refractivity (Wildman–Crippen MR) is 107 cm³/mol. The molecule has 0 unspecified atom stereocenters. The fourth-order valence-corrected chi connectivity index (χ4v) is 2.70. The summed E-state index contributed by atoms with van der Waals surface area (Å²) in [4.78, 5) is 24.3. The van der Waals surface area contributed by atoms with Gasteiger partial charge < -0.3 is 25.4 Å². The van der Waals surface area contributed by atoms with Gasteiger partial charge in [0, 0.05) is 23.8 Å². The lowest BCUT2D eigenvalue weighted by Crippen LogP contribution is -2.30. The maximum Gasteiger partial charge on any atom is 0.319 e. The van der Waals surface area contributed by atoms with Gasteiger partial charge in [-0.15, -0.1) is 0 Å². The first-order valence-electron chi connectivity index (χ1n) is 9.34. The van der Waals surface area contributed by atoms with Crippen LogP contribution in [-0.2, 0) is 6.54 Å². The lowest BCUT2D eigenvalue weighted by Gasteiger charge is -2.12. The molecule has 0 spiro atoms. The van der Waals surface area contributed by atoms with E-state index >= 15 is 0 Å². The normalized spacial score (nSPS) is 12.8. The Morgan fingerprint density at radius 1 is 1.11 bits per heavy atom. The maximum atomic E-state index is 12.5. The van der Waals surface area contributed by atoms with Crippen LogP contribution in [0.3, 0.4) is 0 Å². The number of anilines is 1. The lowest BCUT2D eigenvalue weighted by atomic mass is 10.1. The van der Waals surface area contributed by atoms with E-state index in [0.717, 1.165) is 18.4 Å². The topological polar surface area (TPSA) is 88.7 Å². The molecular weight excluding hydrogens is 358 g/mol. The molecule has 7 nitrogen and oxygen atoms in total. The Morgan fingerprint density at radius 3 is 2.64 bits per heavy atom. The molecule has 3 amide bonds. The standard InChI is InChI=1S/C21H25N3O4/c1-3-28-18-10-7-14(11-19(18)27-2)13-22-20(25)15-5-4-6-17(12-15)24-21(26)23-16-8-9-16/h4-7,10-12,16H,3,8-9,13H2,1-2H3,(H,22,25)(H2,23,24,26). The van der Waals surface area contributed by atoms with Crippen molar-refractivity contribution in [3.8, 4) is 11.5 Å². The molecule has 0 heterocycles. The van der Waals surface area contributed by atoms with Crippen molar-refractivity contribution in [1.29, 1.82) is 0 Å². The molecule has 3 rings (SSSR count). The molecule has 2 aromatic rings. The number of amides is 3. The Kier molecular flexibility index (Phi) is 6.37. The number of carbonyl (C=O) groups excluding carboxylic acids is 2. The summed E-state index contributed by atoms with van der Waals surface area (Å²) in [5, 5.41) is 8.48. The van der Waals surface area contributed by atoms with Gasteiger partial charge in [0.25, 0.3) is 5.91 Å². The van der Waals surface area contributed by atoms with Crippen molar-refractivity contribution < 1.29 is 19.1 Å². The first-order valence-corrected chi connectivity index (χ1v) is 9.34. The Bertz CT molecular complexity index is 849. The number of nitrogens with one attached hydrogen (secondary N) is 3. The molecule has 0 saturated heterocycles. The van der Waals surface area contributed by atoms with Gasteiger partial charge in [0.1, 0.15) is 0 Å². The second-order valence-corrected chi connectivity index (χ2v) is 6.55. The van der Waals surface area contributed by atoms with Crippen molar-refractivity contribution in [2.75, 3.05) is 19.0 Å². The van der Waals surface area contributed by atoms with Crippen LogP contribution in [0, 0.1) is 0 Å². The Hall–Kier alpha value is -3.22. The Morgan fingerprint density at radius 2 is 1.93 bits per heavy atom. The number of urea groups is 1. The predicted octanol–water partition coefficient (Wildman–Crippen LogP) is 3.31. The molecule has 1 aliphatic carbocycles. The van der Waals surface area contributed by atoms with E-state index in [9.17, 15) is 9.59 Å². The Labute approximate surface area is 164 Å².